The molecular formula is C17H26N8O. The van der Waals surface area contributed by atoms with E-state index in [1.807, 2.05) is 6.92 Å². The van der Waals surface area contributed by atoms with Crippen LogP contribution in [0.5, 0.6) is 0 Å². The van der Waals surface area contributed by atoms with Crippen molar-refractivity contribution in [3.63, 3.8) is 0 Å². The van der Waals surface area contributed by atoms with E-state index in [-0.39, 0.29) is 0 Å². The lowest BCUT2D eigenvalue weighted by molar-refractivity contribution is 0.237. The molecule has 0 amide bonds. The molecule has 2 aliphatic carbocycles. The van der Waals surface area contributed by atoms with Gasteiger partial charge in [-0.05, 0) is 37.8 Å². The highest BCUT2D eigenvalue weighted by Crippen LogP contribution is 2.42. The number of hydrogen-bond donors (Lipinski definition) is 1. The maximum atomic E-state index is 5.98. The number of hydrogen-bond acceptors (Lipinski definition) is 8. The number of aromatic nitrogens is 5. The fourth-order valence-corrected chi connectivity index (χ4v) is 4.16. The van der Waals surface area contributed by atoms with Crippen LogP contribution >= 0.6 is 0 Å². The van der Waals surface area contributed by atoms with E-state index in [0.29, 0.717) is 18.0 Å². The number of aryl methyl sites for hydroxylation is 1. The lowest BCUT2D eigenvalue weighted by atomic mass is 9.80. The van der Waals surface area contributed by atoms with Gasteiger partial charge in [-0.15, -0.1) is 10.2 Å². The van der Waals surface area contributed by atoms with Crippen LogP contribution in [-0.4, -0.2) is 62.2 Å². The summed E-state index contributed by atoms with van der Waals surface area (Å²) in [4.78, 5) is 4.70. The Morgan fingerprint density at radius 1 is 1.08 bits per heavy atom. The van der Waals surface area contributed by atoms with E-state index >= 15 is 0 Å². The Morgan fingerprint density at radius 3 is 2.46 bits per heavy atom. The van der Waals surface area contributed by atoms with Crippen molar-refractivity contribution in [2.75, 3.05) is 31.1 Å². The number of nitrogens with zero attached hydrogens (tertiary/aromatic N) is 7. The normalized spacial score (nSPS) is 26.9. The molecule has 0 bridgehead atoms. The maximum Gasteiger partial charge on any atom is 0.196 e. The first-order valence-corrected chi connectivity index (χ1v) is 9.64. The van der Waals surface area contributed by atoms with Crippen molar-refractivity contribution in [1.29, 1.82) is 0 Å². The third-order valence-corrected chi connectivity index (χ3v) is 5.91. The molecule has 0 atom stereocenters. The SMILES string of the molecule is Cc1nonc1N1CCN(Cc2nnc(C3CC(N)C3)n2C2CC2)CC1. The molecule has 2 aromatic rings. The van der Waals surface area contributed by atoms with Crippen LogP contribution in [0.25, 0.3) is 0 Å². The van der Waals surface area contributed by atoms with Crippen LogP contribution in [0.4, 0.5) is 5.82 Å². The minimum absolute atomic E-state index is 0.343. The van der Waals surface area contributed by atoms with Crippen molar-refractivity contribution < 1.29 is 4.63 Å². The average Bonchev–Trinajstić information content (AvgIpc) is 3.24. The Bertz CT molecular complexity index is 768. The molecule has 0 unspecified atom stereocenters. The lowest BCUT2D eigenvalue weighted by Crippen LogP contribution is -2.46. The fourth-order valence-electron chi connectivity index (χ4n) is 4.16. The zero-order valence-electron chi connectivity index (χ0n) is 15.2. The van der Waals surface area contributed by atoms with Crippen LogP contribution in [0, 0.1) is 6.92 Å². The molecule has 3 fully saturated rings. The Kier molecular flexibility index (Phi) is 3.93. The van der Waals surface area contributed by atoms with Gasteiger partial charge in [0.05, 0.1) is 6.54 Å². The van der Waals surface area contributed by atoms with Crippen LogP contribution in [-0.2, 0) is 6.54 Å². The van der Waals surface area contributed by atoms with Crippen LogP contribution in [0.3, 0.4) is 0 Å². The monoisotopic (exact) mass is 358 g/mol. The second kappa shape index (κ2) is 6.31. The highest BCUT2D eigenvalue weighted by Gasteiger charge is 2.37. The largest absolute Gasteiger partial charge is 0.350 e. The second-order valence-electron chi connectivity index (χ2n) is 7.94. The van der Waals surface area contributed by atoms with Crippen molar-refractivity contribution in [2.45, 2.75) is 57.2 Å². The van der Waals surface area contributed by atoms with E-state index in [4.69, 9.17) is 10.4 Å². The topological polar surface area (TPSA) is 102 Å². The van der Waals surface area contributed by atoms with Gasteiger partial charge in [-0.3, -0.25) is 4.90 Å². The molecular weight excluding hydrogens is 332 g/mol. The first kappa shape index (κ1) is 16.2. The van der Waals surface area contributed by atoms with Crippen LogP contribution < -0.4 is 10.6 Å². The van der Waals surface area contributed by atoms with E-state index in [1.54, 1.807) is 0 Å². The van der Waals surface area contributed by atoms with Gasteiger partial charge in [-0.25, -0.2) is 4.63 Å². The average molecular weight is 358 g/mol. The second-order valence-corrected chi connectivity index (χ2v) is 7.94. The van der Waals surface area contributed by atoms with Gasteiger partial charge < -0.3 is 15.2 Å². The third kappa shape index (κ3) is 2.88. The van der Waals surface area contributed by atoms with Crippen LogP contribution in [0.1, 0.15) is 55.0 Å². The summed E-state index contributed by atoms with van der Waals surface area (Å²) >= 11 is 0. The van der Waals surface area contributed by atoms with Crippen LogP contribution in [0.15, 0.2) is 4.63 Å². The summed E-state index contributed by atoms with van der Waals surface area (Å²) in [5.74, 6) is 3.67. The molecule has 2 aromatic heterocycles. The Labute approximate surface area is 152 Å². The molecule has 140 valence electrons. The third-order valence-electron chi connectivity index (χ3n) is 5.91. The standard InChI is InChI=1S/C17H26N8O/c1-11-16(22-26-21-11)24-6-4-23(5-7-24)10-15-19-20-17(12-8-13(18)9-12)25(15)14-2-3-14/h12-14H,2-10,18H2,1H3. The molecule has 9 heteroatoms. The molecule has 9 nitrogen and oxygen atoms in total. The number of nitrogens with two attached hydrogens (primary N) is 1. The number of piperazine rings is 1. The van der Waals surface area contributed by atoms with Gasteiger partial charge in [-0.1, -0.05) is 5.16 Å². The summed E-state index contributed by atoms with van der Waals surface area (Å²) in [6, 6.07) is 0.951. The summed E-state index contributed by atoms with van der Waals surface area (Å²) in [5, 5.41) is 17.0. The summed E-state index contributed by atoms with van der Waals surface area (Å²) < 4.78 is 7.26. The van der Waals surface area contributed by atoms with Gasteiger partial charge in [0.25, 0.3) is 0 Å². The minimum atomic E-state index is 0.343. The molecule has 2 N–H and O–H groups in total. The summed E-state index contributed by atoms with van der Waals surface area (Å²) in [5.41, 5.74) is 6.84. The zero-order valence-corrected chi connectivity index (χ0v) is 15.2. The van der Waals surface area contributed by atoms with Crippen molar-refractivity contribution in [1.82, 2.24) is 30.0 Å². The molecule has 2 saturated carbocycles. The molecule has 3 aliphatic rings. The highest BCUT2D eigenvalue weighted by atomic mass is 16.6. The van der Waals surface area contributed by atoms with E-state index in [0.717, 1.165) is 62.9 Å². The van der Waals surface area contributed by atoms with E-state index in [2.05, 4.69) is 34.9 Å². The smallest absolute Gasteiger partial charge is 0.196 e. The first-order chi connectivity index (χ1) is 12.7. The van der Waals surface area contributed by atoms with Gasteiger partial charge >= 0.3 is 0 Å². The molecule has 26 heavy (non-hydrogen) atoms. The quantitative estimate of drug-likeness (QED) is 0.838. The Hall–Kier alpha value is -2.00. The Balaban J connectivity index is 1.25. The fraction of sp³-hybridized carbons (Fsp3) is 0.765. The zero-order chi connectivity index (χ0) is 17.7. The van der Waals surface area contributed by atoms with E-state index in [9.17, 15) is 0 Å². The number of rotatable bonds is 5. The molecule has 1 aliphatic heterocycles. The van der Waals surface area contributed by atoms with Crippen LogP contribution in [0.2, 0.25) is 0 Å². The predicted molar refractivity (Wildman–Crippen MR) is 94.8 cm³/mol. The molecule has 3 heterocycles. The molecule has 0 radical (unpaired) electrons. The van der Waals surface area contributed by atoms with E-state index < -0.39 is 0 Å². The molecule has 1 saturated heterocycles. The summed E-state index contributed by atoms with van der Waals surface area (Å²) in [6.07, 6.45) is 4.61. The number of anilines is 1. The van der Waals surface area contributed by atoms with Crippen molar-refractivity contribution >= 4 is 5.82 Å². The van der Waals surface area contributed by atoms with Crippen molar-refractivity contribution in [3.8, 4) is 0 Å². The maximum absolute atomic E-state index is 5.98. The van der Waals surface area contributed by atoms with Gasteiger partial charge in [0.15, 0.2) is 5.82 Å². The van der Waals surface area contributed by atoms with Crippen molar-refractivity contribution in [3.05, 3.63) is 17.3 Å². The molecule has 0 spiro atoms. The van der Waals surface area contributed by atoms with Gasteiger partial charge in [0.2, 0.25) is 0 Å². The van der Waals surface area contributed by atoms with Gasteiger partial charge in [0, 0.05) is 44.2 Å². The molecule has 5 rings (SSSR count). The first-order valence-electron chi connectivity index (χ1n) is 9.64. The summed E-state index contributed by atoms with van der Waals surface area (Å²) in [6.45, 7) is 6.62. The van der Waals surface area contributed by atoms with Gasteiger partial charge in [-0.2, -0.15) is 0 Å². The molecule has 0 aromatic carbocycles. The lowest BCUT2D eigenvalue weighted by Gasteiger charge is -2.34. The van der Waals surface area contributed by atoms with Gasteiger partial charge in [0.1, 0.15) is 17.3 Å². The Morgan fingerprint density at radius 2 is 1.85 bits per heavy atom. The minimum Gasteiger partial charge on any atom is -0.350 e. The highest BCUT2D eigenvalue weighted by molar-refractivity contribution is 5.41. The van der Waals surface area contributed by atoms with E-state index in [1.165, 1.54) is 18.7 Å². The predicted octanol–water partition coefficient (Wildman–Crippen LogP) is 0.831. The summed E-state index contributed by atoms with van der Waals surface area (Å²) in [7, 11) is 0. The van der Waals surface area contributed by atoms with Crippen molar-refractivity contribution in [2.24, 2.45) is 5.73 Å².